The van der Waals surface area contributed by atoms with E-state index in [-0.39, 0.29) is 5.54 Å². The van der Waals surface area contributed by atoms with E-state index < -0.39 is 0 Å². The molecule has 0 radical (unpaired) electrons. The lowest BCUT2D eigenvalue weighted by Gasteiger charge is -2.25. The van der Waals surface area contributed by atoms with Gasteiger partial charge in [-0.25, -0.2) is 4.98 Å². The van der Waals surface area contributed by atoms with E-state index in [2.05, 4.69) is 35.6 Å². The van der Waals surface area contributed by atoms with Crippen LogP contribution < -0.4 is 5.32 Å². The largest absolute Gasteiger partial charge is 0.383 e. The molecule has 0 fully saturated rings. The molecule has 1 aromatic rings. The van der Waals surface area contributed by atoms with Gasteiger partial charge in [-0.2, -0.15) is 0 Å². The van der Waals surface area contributed by atoms with Crippen LogP contribution in [-0.4, -0.2) is 28.8 Å². The number of aryl methyl sites for hydroxylation is 1. The molecule has 15 heavy (non-hydrogen) atoms. The van der Waals surface area contributed by atoms with E-state index in [0.717, 1.165) is 18.9 Å². The number of ether oxygens (including phenoxy) is 1. The average molecular weight is 211 g/mol. The third-order valence-corrected chi connectivity index (χ3v) is 2.37. The Kier molecular flexibility index (Phi) is 4.29. The summed E-state index contributed by atoms with van der Waals surface area (Å²) >= 11 is 0. The summed E-state index contributed by atoms with van der Waals surface area (Å²) < 4.78 is 7.28. The molecule has 0 aliphatic rings. The number of hydrogen-bond acceptors (Lipinski definition) is 3. The Morgan fingerprint density at radius 3 is 2.87 bits per heavy atom. The number of hydrogen-bond donors (Lipinski definition) is 1. The lowest BCUT2D eigenvalue weighted by molar-refractivity contribution is 0.127. The van der Waals surface area contributed by atoms with E-state index in [1.807, 2.05) is 12.4 Å². The summed E-state index contributed by atoms with van der Waals surface area (Å²) in [7, 11) is 1.72. The standard InChI is InChI=1S/C11H21N3O/c1-5-14-7-6-12-10(14)8-13-11(2,3)9-15-4/h6-7,13H,5,8-9H2,1-4H3. The van der Waals surface area contributed by atoms with Crippen molar-refractivity contribution in [3.8, 4) is 0 Å². The molecular formula is C11H21N3O. The van der Waals surface area contributed by atoms with Crippen molar-refractivity contribution in [3.05, 3.63) is 18.2 Å². The molecule has 0 aliphatic carbocycles. The highest BCUT2D eigenvalue weighted by Gasteiger charge is 2.17. The van der Waals surface area contributed by atoms with Gasteiger partial charge in [0.25, 0.3) is 0 Å². The SMILES string of the molecule is CCn1ccnc1CNC(C)(C)COC. The zero-order valence-corrected chi connectivity index (χ0v) is 10.1. The van der Waals surface area contributed by atoms with Gasteiger partial charge in [-0.15, -0.1) is 0 Å². The number of methoxy groups -OCH3 is 1. The summed E-state index contributed by atoms with van der Waals surface area (Å²) in [5, 5.41) is 3.43. The maximum absolute atomic E-state index is 5.14. The van der Waals surface area contributed by atoms with Crippen LogP contribution in [0.25, 0.3) is 0 Å². The molecule has 0 unspecified atom stereocenters. The first-order chi connectivity index (χ1) is 7.09. The minimum Gasteiger partial charge on any atom is -0.383 e. The highest BCUT2D eigenvalue weighted by molar-refractivity contribution is 4.93. The van der Waals surface area contributed by atoms with E-state index in [1.165, 1.54) is 0 Å². The van der Waals surface area contributed by atoms with Gasteiger partial charge in [-0.1, -0.05) is 0 Å². The van der Waals surface area contributed by atoms with Crippen molar-refractivity contribution >= 4 is 0 Å². The number of rotatable bonds is 6. The zero-order valence-electron chi connectivity index (χ0n) is 10.1. The Labute approximate surface area is 91.7 Å². The average Bonchev–Trinajstić information content (AvgIpc) is 2.62. The Bertz CT molecular complexity index is 294. The minimum absolute atomic E-state index is 0.0146. The Morgan fingerprint density at radius 2 is 2.27 bits per heavy atom. The summed E-state index contributed by atoms with van der Waals surface area (Å²) in [5.41, 5.74) is -0.0146. The molecule has 0 atom stereocenters. The molecule has 0 aliphatic heterocycles. The van der Waals surface area contributed by atoms with E-state index >= 15 is 0 Å². The van der Waals surface area contributed by atoms with Crippen LogP contribution in [0.2, 0.25) is 0 Å². The maximum atomic E-state index is 5.14. The van der Waals surface area contributed by atoms with E-state index in [9.17, 15) is 0 Å². The fourth-order valence-corrected chi connectivity index (χ4v) is 1.53. The first-order valence-electron chi connectivity index (χ1n) is 5.33. The van der Waals surface area contributed by atoms with Crippen molar-refractivity contribution in [2.24, 2.45) is 0 Å². The minimum atomic E-state index is -0.0146. The highest BCUT2D eigenvalue weighted by atomic mass is 16.5. The first kappa shape index (κ1) is 12.2. The van der Waals surface area contributed by atoms with E-state index in [4.69, 9.17) is 4.74 Å². The Hall–Kier alpha value is -0.870. The number of nitrogens with zero attached hydrogens (tertiary/aromatic N) is 2. The molecule has 0 bridgehead atoms. The summed E-state index contributed by atoms with van der Waals surface area (Å²) in [6.07, 6.45) is 3.84. The van der Waals surface area contributed by atoms with Crippen LogP contribution in [0.1, 0.15) is 26.6 Å². The molecule has 0 saturated heterocycles. The van der Waals surface area contributed by atoms with Crippen LogP contribution in [0.5, 0.6) is 0 Å². The molecule has 0 spiro atoms. The van der Waals surface area contributed by atoms with Crippen LogP contribution in [0, 0.1) is 0 Å². The lowest BCUT2D eigenvalue weighted by Crippen LogP contribution is -2.43. The molecule has 1 rings (SSSR count). The zero-order chi connectivity index (χ0) is 11.3. The first-order valence-corrected chi connectivity index (χ1v) is 5.33. The molecule has 0 aromatic carbocycles. The van der Waals surface area contributed by atoms with Crippen LogP contribution in [0.3, 0.4) is 0 Å². The van der Waals surface area contributed by atoms with Gasteiger partial charge in [0, 0.05) is 31.6 Å². The van der Waals surface area contributed by atoms with Gasteiger partial charge in [0.05, 0.1) is 13.2 Å². The third kappa shape index (κ3) is 3.64. The fourth-order valence-electron chi connectivity index (χ4n) is 1.53. The molecular weight excluding hydrogens is 190 g/mol. The summed E-state index contributed by atoms with van der Waals surface area (Å²) in [6, 6.07) is 0. The fraction of sp³-hybridized carbons (Fsp3) is 0.727. The van der Waals surface area contributed by atoms with Crippen LogP contribution in [-0.2, 0) is 17.8 Å². The Morgan fingerprint density at radius 1 is 1.53 bits per heavy atom. The number of aromatic nitrogens is 2. The quantitative estimate of drug-likeness (QED) is 0.773. The van der Waals surface area contributed by atoms with Crippen molar-refractivity contribution in [3.63, 3.8) is 0 Å². The van der Waals surface area contributed by atoms with Crippen molar-refractivity contribution in [2.75, 3.05) is 13.7 Å². The summed E-state index contributed by atoms with van der Waals surface area (Å²) in [5.74, 6) is 1.07. The topological polar surface area (TPSA) is 39.1 Å². The van der Waals surface area contributed by atoms with Crippen LogP contribution >= 0.6 is 0 Å². The second kappa shape index (κ2) is 5.28. The highest BCUT2D eigenvalue weighted by Crippen LogP contribution is 2.05. The van der Waals surface area contributed by atoms with Crippen molar-refractivity contribution in [1.82, 2.24) is 14.9 Å². The molecule has 1 N–H and O–H groups in total. The summed E-state index contributed by atoms with van der Waals surface area (Å²) in [6.45, 7) is 8.79. The Balaban J connectivity index is 2.49. The van der Waals surface area contributed by atoms with Gasteiger partial charge < -0.3 is 14.6 Å². The van der Waals surface area contributed by atoms with Crippen molar-refractivity contribution in [2.45, 2.75) is 39.4 Å². The van der Waals surface area contributed by atoms with Crippen LogP contribution in [0.4, 0.5) is 0 Å². The predicted octanol–water partition coefficient (Wildman–Crippen LogP) is 1.42. The van der Waals surface area contributed by atoms with Crippen molar-refractivity contribution < 1.29 is 4.74 Å². The van der Waals surface area contributed by atoms with Crippen LogP contribution in [0.15, 0.2) is 12.4 Å². The number of nitrogens with one attached hydrogen (secondary N) is 1. The van der Waals surface area contributed by atoms with E-state index in [1.54, 1.807) is 7.11 Å². The molecule has 86 valence electrons. The molecule has 1 heterocycles. The van der Waals surface area contributed by atoms with Gasteiger partial charge >= 0.3 is 0 Å². The monoisotopic (exact) mass is 211 g/mol. The van der Waals surface area contributed by atoms with Gasteiger partial charge in [0.15, 0.2) is 0 Å². The predicted molar refractivity (Wildman–Crippen MR) is 60.7 cm³/mol. The second-order valence-corrected chi connectivity index (χ2v) is 4.30. The molecule has 1 aromatic heterocycles. The van der Waals surface area contributed by atoms with Gasteiger partial charge in [0.1, 0.15) is 5.82 Å². The summed E-state index contributed by atoms with van der Waals surface area (Å²) in [4.78, 5) is 4.31. The lowest BCUT2D eigenvalue weighted by atomic mass is 10.1. The molecule has 0 saturated carbocycles. The van der Waals surface area contributed by atoms with Gasteiger partial charge in [-0.05, 0) is 20.8 Å². The normalized spacial score (nSPS) is 12.0. The molecule has 4 nitrogen and oxygen atoms in total. The second-order valence-electron chi connectivity index (χ2n) is 4.30. The molecule has 0 amide bonds. The molecule has 4 heteroatoms. The smallest absolute Gasteiger partial charge is 0.122 e. The number of imidazole rings is 1. The van der Waals surface area contributed by atoms with Crippen molar-refractivity contribution in [1.29, 1.82) is 0 Å². The maximum Gasteiger partial charge on any atom is 0.122 e. The van der Waals surface area contributed by atoms with E-state index in [0.29, 0.717) is 6.61 Å². The van der Waals surface area contributed by atoms with Gasteiger partial charge in [-0.3, -0.25) is 0 Å². The van der Waals surface area contributed by atoms with Gasteiger partial charge in [0.2, 0.25) is 0 Å². The third-order valence-electron chi connectivity index (χ3n) is 2.37.